The van der Waals surface area contributed by atoms with Crippen LogP contribution in [0.4, 0.5) is 5.69 Å². The number of hydrogen-bond donors (Lipinski definition) is 1. The Kier molecular flexibility index (Phi) is 4.20. The lowest BCUT2D eigenvalue weighted by Gasteiger charge is -2.34. The van der Waals surface area contributed by atoms with Gasteiger partial charge >= 0.3 is 0 Å². The number of aryl methyl sites for hydroxylation is 1. The van der Waals surface area contributed by atoms with E-state index < -0.39 is 6.04 Å². The first-order valence-electron chi connectivity index (χ1n) is 8.65. The fourth-order valence-corrected chi connectivity index (χ4v) is 3.61. The molecular formula is C20H22N2O4. The van der Waals surface area contributed by atoms with Crippen LogP contribution < -0.4 is 19.5 Å². The van der Waals surface area contributed by atoms with Gasteiger partial charge in [0.05, 0.1) is 7.11 Å². The SMILES string of the molecule is COc1c2c(cc3c1C(C(=O)Nc1ccc(C)cc1)N(C)CC3)OCO2. The summed E-state index contributed by atoms with van der Waals surface area (Å²) in [5, 5.41) is 3.02. The average Bonchev–Trinajstić information content (AvgIpc) is 3.10. The summed E-state index contributed by atoms with van der Waals surface area (Å²) in [6, 6.07) is 9.30. The number of ether oxygens (including phenoxy) is 3. The highest BCUT2D eigenvalue weighted by atomic mass is 16.7. The molecule has 1 unspecified atom stereocenters. The Morgan fingerprint density at radius 2 is 2.04 bits per heavy atom. The Hall–Kier alpha value is -2.73. The van der Waals surface area contributed by atoms with Gasteiger partial charge in [-0.25, -0.2) is 0 Å². The smallest absolute Gasteiger partial charge is 0.246 e. The van der Waals surface area contributed by atoms with Crippen LogP contribution in [-0.2, 0) is 11.2 Å². The van der Waals surface area contributed by atoms with Gasteiger partial charge in [0, 0.05) is 17.8 Å². The summed E-state index contributed by atoms with van der Waals surface area (Å²) in [6.07, 6.45) is 0.827. The Morgan fingerprint density at radius 1 is 1.27 bits per heavy atom. The van der Waals surface area contributed by atoms with Gasteiger partial charge in [-0.15, -0.1) is 0 Å². The Balaban J connectivity index is 1.73. The standard InChI is InChI=1S/C20H22N2O4/c1-12-4-6-14(7-5-12)21-20(23)17-16-13(8-9-22(17)2)10-15-18(19(16)24-3)26-11-25-15/h4-7,10,17H,8-9,11H2,1-3H3,(H,21,23). The third-order valence-corrected chi connectivity index (χ3v) is 4.96. The maximum Gasteiger partial charge on any atom is 0.246 e. The molecule has 4 rings (SSSR count). The molecule has 0 saturated carbocycles. The van der Waals surface area contributed by atoms with E-state index in [2.05, 4.69) is 5.32 Å². The van der Waals surface area contributed by atoms with E-state index in [1.807, 2.05) is 49.2 Å². The molecule has 2 aromatic carbocycles. The number of likely N-dealkylation sites (N-methyl/N-ethyl adjacent to an activating group) is 1. The molecular weight excluding hydrogens is 332 g/mol. The Bertz CT molecular complexity index is 848. The maximum atomic E-state index is 13.1. The maximum absolute atomic E-state index is 13.1. The number of nitrogens with one attached hydrogen (secondary N) is 1. The molecule has 136 valence electrons. The van der Waals surface area contributed by atoms with Crippen molar-refractivity contribution in [2.45, 2.75) is 19.4 Å². The molecule has 6 nitrogen and oxygen atoms in total. The molecule has 6 heteroatoms. The molecule has 0 aromatic heterocycles. The summed E-state index contributed by atoms with van der Waals surface area (Å²) in [7, 11) is 3.55. The van der Waals surface area contributed by atoms with Gasteiger partial charge in [0.15, 0.2) is 11.5 Å². The molecule has 2 heterocycles. The third kappa shape index (κ3) is 2.76. The number of methoxy groups -OCH3 is 1. The van der Waals surface area contributed by atoms with E-state index in [0.29, 0.717) is 17.2 Å². The van der Waals surface area contributed by atoms with Crippen molar-refractivity contribution >= 4 is 11.6 Å². The van der Waals surface area contributed by atoms with Gasteiger partial charge in [-0.05, 0) is 44.2 Å². The lowest BCUT2D eigenvalue weighted by atomic mass is 9.90. The number of hydrogen-bond acceptors (Lipinski definition) is 5. The van der Waals surface area contributed by atoms with E-state index in [0.717, 1.165) is 35.3 Å². The van der Waals surface area contributed by atoms with Gasteiger partial charge in [0.25, 0.3) is 0 Å². The van der Waals surface area contributed by atoms with E-state index >= 15 is 0 Å². The normalized spacial score (nSPS) is 18.3. The molecule has 26 heavy (non-hydrogen) atoms. The largest absolute Gasteiger partial charge is 0.492 e. The predicted octanol–water partition coefficient (Wildman–Crippen LogP) is 2.90. The number of carbonyl (C=O) groups excluding carboxylic acids is 1. The summed E-state index contributed by atoms with van der Waals surface area (Å²) < 4.78 is 16.7. The molecule has 1 atom stereocenters. The molecule has 0 fully saturated rings. The number of rotatable bonds is 3. The molecule has 0 aliphatic carbocycles. The minimum atomic E-state index is -0.454. The molecule has 1 amide bonds. The van der Waals surface area contributed by atoms with Crippen molar-refractivity contribution in [2.24, 2.45) is 0 Å². The van der Waals surface area contributed by atoms with E-state index in [9.17, 15) is 4.79 Å². The molecule has 2 aliphatic heterocycles. The summed E-state index contributed by atoms with van der Waals surface area (Å²) in [6.45, 7) is 2.97. The van der Waals surface area contributed by atoms with Crippen molar-refractivity contribution in [1.82, 2.24) is 4.90 Å². The predicted molar refractivity (Wildman–Crippen MR) is 98.0 cm³/mol. The quantitative estimate of drug-likeness (QED) is 0.918. The molecule has 0 spiro atoms. The zero-order valence-corrected chi connectivity index (χ0v) is 15.2. The van der Waals surface area contributed by atoms with Crippen LogP contribution in [0.1, 0.15) is 22.7 Å². The van der Waals surface area contributed by atoms with Crippen molar-refractivity contribution in [3.8, 4) is 17.2 Å². The van der Waals surface area contributed by atoms with E-state index in [-0.39, 0.29) is 12.7 Å². The van der Waals surface area contributed by atoms with Gasteiger partial charge in [-0.1, -0.05) is 17.7 Å². The molecule has 1 N–H and O–H groups in total. The highest BCUT2D eigenvalue weighted by Crippen LogP contribution is 2.49. The fourth-order valence-electron chi connectivity index (χ4n) is 3.61. The fraction of sp³-hybridized carbons (Fsp3) is 0.350. The number of carbonyl (C=O) groups is 1. The summed E-state index contributed by atoms with van der Waals surface area (Å²) in [5.41, 5.74) is 3.85. The second-order valence-electron chi connectivity index (χ2n) is 6.70. The highest BCUT2D eigenvalue weighted by molar-refractivity contribution is 5.96. The van der Waals surface area contributed by atoms with E-state index in [1.54, 1.807) is 7.11 Å². The van der Waals surface area contributed by atoms with E-state index in [1.165, 1.54) is 0 Å². The van der Waals surface area contributed by atoms with Crippen molar-refractivity contribution < 1.29 is 19.0 Å². The molecule has 0 saturated heterocycles. The number of nitrogens with zero attached hydrogens (tertiary/aromatic N) is 1. The summed E-state index contributed by atoms with van der Waals surface area (Å²) >= 11 is 0. The molecule has 0 bridgehead atoms. The second kappa shape index (κ2) is 6.53. The van der Waals surface area contributed by atoms with Crippen LogP contribution in [-0.4, -0.2) is 38.3 Å². The number of amides is 1. The van der Waals surface area contributed by atoms with Crippen molar-refractivity contribution in [2.75, 3.05) is 32.8 Å². The van der Waals surface area contributed by atoms with Crippen LogP contribution in [0, 0.1) is 6.92 Å². The third-order valence-electron chi connectivity index (χ3n) is 4.96. The number of benzene rings is 2. The zero-order valence-electron chi connectivity index (χ0n) is 15.2. The van der Waals surface area contributed by atoms with E-state index in [4.69, 9.17) is 14.2 Å². The van der Waals surface area contributed by atoms with Crippen molar-refractivity contribution in [3.05, 3.63) is 47.0 Å². The molecule has 2 aliphatic rings. The summed E-state index contributed by atoms with van der Waals surface area (Å²) in [4.78, 5) is 15.2. The zero-order chi connectivity index (χ0) is 18.3. The van der Waals surface area contributed by atoms with Crippen molar-refractivity contribution in [3.63, 3.8) is 0 Å². The van der Waals surface area contributed by atoms with Crippen LogP contribution >= 0.6 is 0 Å². The lowest BCUT2D eigenvalue weighted by Crippen LogP contribution is -2.39. The Morgan fingerprint density at radius 3 is 2.77 bits per heavy atom. The van der Waals surface area contributed by atoms with Gasteiger partial charge in [0.2, 0.25) is 18.4 Å². The number of fused-ring (bicyclic) bond motifs is 2. The van der Waals surface area contributed by atoms with Crippen LogP contribution in [0.25, 0.3) is 0 Å². The Labute approximate surface area is 152 Å². The summed E-state index contributed by atoms with van der Waals surface area (Å²) in [5.74, 6) is 1.76. The first-order chi connectivity index (χ1) is 12.6. The minimum Gasteiger partial charge on any atom is -0.492 e. The van der Waals surface area contributed by atoms with Gasteiger partial charge < -0.3 is 19.5 Å². The average molecular weight is 354 g/mol. The molecule has 2 aromatic rings. The molecule has 0 radical (unpaired) electrons. The van der Waals surface area contributed by atoms with Crippen LogP contribution in [0.2, 0.25) is 0 Å². The minimum absolute atomic E-state index is 0.0885. The second-order valence-corrected chi connectivity index (χ2v) is 6.70. The van der Waals surface area contributed by atoms with Gasteiger partial charge in [-0.3, -0.25) is 9.69 Å². The van der Waals surface area contributed by atoms with Crippen molar-refractivity contribution in [1.29, 1.82) is 0 Å². The van der Waals surface area contributed by atoms with Crippen LogP contribution in [0.15, 0.2) is 30.3 Å². The number of anilines is 1. The van der Waals surface area contributed by atoms with Gasteiger partial charge in [-0.2, -0.15) is 0 Å². The first kappa shape index (κ1) is 16.7. The first-order valence-corrected chi connectivity index (χ1v) is 8.65. The van der Waals surface area contributed by atoms with Gasteiger partial charge in [0.1, 0.15) is 6.04 Å². The topological polar surface area (TPSA) is 60.0 Å². The van der Waals surface area contributed by atoms with Crippen LogP contribution in [0.5, 0.6) is 17.2 Å². The highest BCUT2D eigenvalue weighted by Gasteiger charge is 2.37. The lowest BCUT2D eigenvalue weighted by molar-refractivity contribution is -0.121. The monoisotopic (exact) mass is 354 g/mol. The van der Waals surface area contributed by atoms with Crippen LogP contribution in [0.3, 0.4) is 0 Å².